The molecule has 0 N–H and O–H groups in total. The third kappa shape index (κ3) is 1.91. The van der Waals surface area contributed by atoms with Crippen molar-refractivity contribution in [3.63, 3.8) is 0 Å². The molecule has 1 aliphatic rings. The molecule has 2 radical (unpaired) electrons. The summed E-state index contributed by atoms with van der Waals surface area (Å²) < 4.78 is 0. The third-order valence-corrected chi connectivity index (χ3v) is 1.54. The van der Waals surface area contributed by atoms with Crippen LogP contribution < -0.4 is 0 Å². The van der Waals surface area contributed by atoms with Crippen molar-refractivity contribution in [3.05, 3.63) is 36.5 Å². The molecule has 0 aromatic heterocycles. The minimum atomic E-state index is -0.278. The van der Waals surface area contributed by atoms with Crippen LogP contribution in [0, 0.1) is 0 Å². The smallest absolute Gasteiger partial charge is 0.0854 e. The highest BCUT2D eigenvalue weighted by atomic mass is 14.1. The van der Waals surface area contributed by atoms with E-state index in [1.54, 1.807) is 0 Å². The normalized spacial score (nSPS) is 32.3. The molecular weight excluding hydrogens is 119 g/mol. The number of hydrogen-bond donors (Lipinski definition) is 0. The molecule has 0 saturated heterocycles. The molecule has 0 bridgehead atoms. The fourth-order valence-corrected chi connectivity index (χ4v) is 0.885. The molecule has 50 valence electrons. The van der Waals surface area contributed by atoms with Crippen LogP contribution in [-0.2, 0) is 0 Å². The minimum Gasteiger partial charge on any atom is -0.0955 e. The highest BCUT2D eigenvalue weighted by molar-refractivity contribution is 6.17. The maximum absolute atomic E-state index is 5.83. The summed E-state index contributed by atoms with van der Waals surface area (Å²) in [4.78, 5) is 0. The summed E-state index contributed by atoms with van der Waals surface area (Å²) in [5, 5.41) is -0.278. The molecule has 0 fully saturated rings. The molecular formula is C9H11B. The number of rotatable bonds is 0. The van der Waals surface area contributed by atoms with E-state index in [2.05, 4.69) is 12.7 Å². The van der Waals surface area contributed by atoms with Crippen LogP contribution >= 0.6 is 0 Å². The molecule has 0 amide bonds. The molecule has 1 aliphatic carbocycles. The van der Waals surface area contributed by atoms with Crippen LogP contribution in [0.2, 0.25) is 5.31 Å². The lowest BCUT2D eigenvalue weighted by atomic mass is 9.70. The SMILES string of the molecule is [B]C1(C)C=CCC(=C)C=C1. The summed E-state index contributed by atoms with van der Waals surface area (Å²) in [6.45, 7) is 5.82. The van der Waals surface area contributed by atoms with Gasteiger partial charge in [0.2, 0.25) is 0 Å². The standard InChI is InChI=1S/C9H11B/c1-8-4-3-6-9(2,10)7-5-8/h3,5-7H,1,4H2,2H3. The maximum Gasteiger partial charge on any atom is 0.0854 e. The van der Waals surface area contributed by atoms with Crippen LogP contribution in [0.5, 0.6) is 0 Å². The highest BCUT2D eigenvalue weighted by Gasteiger charge is 2.09. The molecule has 1 atom stereocenters. The Morgan fingerprint density at radius 1 is 1.60 bits per heavy atom. The Balaban J connectivity index is 2.84. The van der Waals surface area contributed by atoms with Crippen molar-refractivity contribution in [2.24, 2.45) is 0 Å². The first-order valence-corrected chi connectivity index (χ1v) is 3.44. The molecule has 1 unspecified atom stereocenters. The molecule has 0 aromatic carbocycles. The van der Waals surface area contributed by atoms with Crippen molar-refractivity contribution in [3.8, 4) is 0 Å². The predicted octanol–water partition coefficient (Wildman–Crippen LogP) is 2.41. The molecule has 0 aromatic rings. The fourth-order valence-electron chi connectivity index (χ4n) is 0.885. The van der Waals surface area contributed by atoms with Crippen LogP contribution in [-0.4, -0.2) is 7.85 Å². The van der Waals surface area contributed by atoms with Gasteiger partial charge in [-0.3, -0.25) is 0 Å². The van der Waals surface area contributed by atoms with Gasteiger partial charge < -0.3 is 0 Å². The first kappa shape index (κ1) is 7.39. The topological polar surface area (TPSA) is 0 Å². The summed E-state index contributed by atoms with van der Waals surface area (Å²) in [5.41, 5.74) is 1.12. The van der Waals surface area contributed by atoms with Gasteiger partial charge in [-0.1, -0.05) is 43.4 Å². The van der Waals surface area contributed by atoms with Gasteiger partial charge in [0.1, 0.15) is 0 Å². The summed E-state index contributed by atoms with van der Waals surface area (Å²) in [7, 11) is 5.83. The van der Waals surface area contributed by atoms with Crippen molar-refractivity contribution in [2.75, 3.05) is 0 Å². The van der Waals surface area contributed by atoms with Crippen molar-refractivity contribution in [1.29, 1.82) is 0 Å². The van der Waals surface area contributed by atoms with Gasteiger partial charge >= 0.3 is 0 Å². The third-order valence-electron chi connectivity index (χ3n) is 1.54. The molecule has 10 heavy (non-hydrogen) atoms. The van der Waals surface area contributed by atoms with Crippen LogP contribution in [0.4, 0.5) is 0 Å². The Hall–Kier alpha value is -0.715. The van der Waals surface area contributed by atoms with Gasteiger partial charge in [0.15, 0.2) is 0 Å². The Kier molecular flexibility index (Phi) is 1.84. The fraction of sp³-hybridized carbons (Fsp3) is 0.333. The molecule has 0 aliphatic heterocycles. The summed E-state index contributed by atoms with van der Waals surface area (Å²) in [6, 6.07) is 0. The second kappa shape index (κ2) is 2.49. The Morgan fingerprint density at radius 2 is 2.30 bits per heavy atom. The summed E-state index contributed by atoms with van der Waals surface area (Å²) in [6.07, 6.45) is 8.94. The zero-order valence-corrected chi connectivity index (χ0v) is 6.30. The lowest BCUT2D eigenvalue weighted by Gasteiger charge is -2.12. The second-order valence-electron chi connectivity index (χ2n) is 2.96. The lowest BCUT2D eigenvalue weighted by molar-refractivity contribution is 0.969. The monoisotopic (exact) mass is 130 g/mol. The van der Waals surface area contributed by atoms with Gasteiger partial charge in [-0.2, -0.15) is 0 Å². The van der Waals surface area contributed by atoms with E-state index in [0.717, 1.165) is 12.0 Å². The Bertz CT molecular complexity index is 197. The zero-order chi connectivity index (χ0) is 7.61. The predicted molar refractivity (Wildman–Crippen MR) is 46.2 cm³/mol. The van der Waals surface area contributed by atoms with Crippen molar-refractivity contribution >= 4 is 7.85 Å². The van der Waals surface area contributed by atoms with E-state index >= 15 is 0 Å². The summed E-state index contributed by atoms with van der Waals surface area (Å²) >= 11 is 0. The second-order valence-corrected chi connectivity index (χ2v) is 2.96. The maximum atomic E-state index is 5.83. The van der Waals surface area contributed by atoms with E-state index in [1.165, 1.54) is 0 Å². The van der Waals surface area contributed by atoms with E-state index in [0.29, 0.717) is 0 Å². The van der Waals surface area contributed by atoms with Crippen molar-refractivity contribution < 1.29 is 0 Å². The molecule has 1 rings (SSSR count). The van der Waals surface area contributed by atoms with Crippen LogP contribution in [0.15, 0.2) is 36.5 Å². The Morgan fingerprint density at radius 3 is 3.00 bits per heavy atom. The quantitative estimate of drug-likeness (QED) is 0.349. The zero-order valence-electron chi connectivity index (χ0n) is 6.30. The van der Waals surface area contributed by atoms with Gasteiger partial charge in [0.05, 0.1) is 7.85 Å². The molecule has 1 heteroatoms. The number of hydrogen-bond acceptors (Lipinski definition) is 0. The van der Waals surface area contributed by atoms with Gasteiger partial charge in [-0.15, -0.1) is 0 Å². The van der Waals surface area contributed by atoms with E-state index in [4.69, 9.17) is 7.85 Å². The number of allylic oxidation sites excluding steroid dienone is 5. The largest absolute Gasteiger partial charge is 0.0955 e. The van der Waals surface area contributed by atoms with Gasteiger partial charge in [-0.05, 0) is 11.7 Å². The van der Waals surface area contributed by atoms with Gasteiger partial charge in [0.25, 0.3) is 0 Å². The summed E-state index contributed by atoms with van der Waals surface area (Å²) in [5.74, 6) is 0. The van der Waals surface area contributed by atoms with Gasteiger partial charge in [-0.25, -0.2) is 0 Å². The lowest BCUT2D eigenvalue weighted by Crippen LogP contribution is -1.97. The van der Waals surface area contributed by atoms with Crippen molar-refractivity contribution in [1.82, 2.24) is 0 Å². The molecule has 0 heterocycles. The van der Waals surface area contributed by atoms with Crippen LogP contribution in [0.1, 0.15) is 13.3 Å². The van der Waals surface area contributed by atoms with E-state index < -0.39 is 0 Å². The highest BCUT2D eigenvalue weighted by Crippen LogP contribution is 2.27. The van der Waals surface area contributed by atoms with Crippen LogP contribution in [0.25, 0.3) is 0 Å². The molecule has 0 spiro atoms. The van der Waals surface area contributed by atoms with E-state index in [-0.39, 0.29) is 5.31 Å². The first-order valence-electron chi connectivity index (χ1n) is 3.44. The molecule has 0 nitrogen and oxygen atoms in total. The van der Waals surface area contributed by atoms with Gasteiger partial charge in [0, 0.05) is 0 Å². The van der Waals surface area contributed by atoms with Crippen molar-refractivity contribution in [2.45, 2.75) is 18.7 Å². The average Bonchev–Trinajstić information content (AvgIpc) is 1.94. The Labute approximate surface area is 63.7 Å². The average molecular weight is 130 g/mol. The molecule has 0 saturated carbocycles. The van der Waals surface area contributed by atoms with E-state index in [1.807, 2.05) is 25.2 Å². The minimum absolute atomic E-state index is 0.278. The first-order chi connectivity index (χ1) is 4.60. The van der Waals surface area contributed by atoms with E-state index in [9.17, 15) is 0 Å². The van der Waals surface area contributed by atoms with Crippen LogP contribution in [0.3, 0.4) is 0 Å².